The van der Waals surface area contributed by atoms with E-state index >= 15 is 0 Å². The topological polar surface area (TPSA) is 42.5 Å². The SMILES string of the molecule is C[n+]1c2ccccc2n2cc(-c3ccc4c(c3)OCO4)[nH]c21.[Cl-]. The van der Waals surface area contributed by atoms with Crippen LogP contribution in [0.1, 0.15) is 0 Å². The van der Waals surface area contributed by atoms with E-state index in [1.165, 1.54) is 11.0 Å². The first kappa shape index (κ1) is 14.0. The van der Waals surface area contributed by atoms with Gasteiger partial charge in [0.2, 0.25) is 6.79 Å². The van der Waals surface area contributed by atoms with Crippen LogP contribution in [0, 0.1) is 0 Å². The number of hydrogen-bond acceptors (Lipinski definition) is 2. The monoisotopic (exact) mass is 327 g/mol. The van der Waals surface area contributed by atoms with Crippen molar-refractivity contribution >= 4 is 16.8 Å². The molecule has 0 radical (unpaired) electrons. The summed E-state index contributed by atoms with van der Waals surface area (Å²) in [5.74, 6) is 2.65. The van der Waals surface area contributed by atoms with Crippen molar-refractivity contribution in [2.24, 2.45) is 7.05 Å². The third-order valence-electron chi connectivity index (χ3n) is 4.24. The van der Waals surface area contributed by atoms with Gasteiger partial charge < -0.3 is 21.9 Å². The minimum atomic E-state index is 0. The van der Waals surface area contributed by atoms with Crippen molar-refractivity contribution in [1.29, 1.82) is 0 Å². The fraction of sp³-hybridized carbons (Fsp3) is 0.118. The van der Waals surface area contributed by atoms with E-state index in [1.54, 1.807) is 0 Å². The third kappa shape index (κ3) is 1.90. The van der Waals surface area contributed by atoms with Crippen LogP contribution in [-0.4, -0.2) is 16.2 Å². The molecule has 3 heterocycles. The second-order valence-electron chi connectivity index (χ2n) is 5.48. The number of imidazole rings is 2. The van der Waals surface area contributed by atoms with Gasteiger partial charge >= 0.3 is 5.78 Å². The summed E-state index contributed by atoms with van der Waals surface area (Å²) in [6.45, 7) is 0.297. The van der Waals surface area contributed by atoms with E-state index in [9.17, 15) is 0 Å². The number of benzene rings is 2. The number of ether oxygens (including phenoxy) is 2. The molecular weight excluding hydrogens is 314 g/mol. The Balaban J connectivity index is 0.00000135. The highest BCUT2D eigenvalue weighted by Gasteiger charge is 2.20. The van der Waals surface area contributed by atoms with Crippen molar-refractivity contribution in [3.63, 3.8) is 0 Å². The Kier molecular flexibility index (Phi) is 2.99. The van der Waals surface area contributed by atoms with Crippen LogP contribution in [0.3, 0.4) is 0 Å². The molecule has 116 valence electrons. The lowest BCUT2D eigenvalue weighted by Crippen LogP contribution is -3.00. The lowest BCUT2D eigenvalue weighted by molar-refractivity contribution is -0.620. The van der Waals surface area contributed by atoms with Crippen LogP contribution in [-0.2, 0) is 7.05 Å². The fourth-order valence-electron chi connectivity index (χ4n) is 3.11. The minimum absolute atomic E-state index is 0. The van der Waals surface area contributed by atoms with Gasteiger partial charge in [0.15, 0.2) is 11.5 Å². The maximum Gasteiger partial charge on any atom is 0.367 e. The first-order valence-corrected chi connectivity index (χ1v) is 7.19. The Morgan fingerprint density at radius 2 is 1.91 bits per heavy atom. The quantitative estimate of drug-likeness (QED) is 0.485. The van der Waals surface area contributed by atoms with Crippen molar-refractivity contribution in [3.05, 3.63) is 48.7 Å². The van der Waals surface area contributed by atoms with Crippen LogP contribution >= 0.6 is 0 Å². The van der Waals surface area contributed by atoms with E-state index in [4.69, 9.17) is 9.47 Å². The van der Waals surface area contributed by atoms with Gasteiger partial charge in [0.05, 0.1) is 7.05 Å². The number of aromatic amines is 1. The summed E-state index contributed by atoms with van der Waals surface area (Å²) in [6.07, 6.45) is 2.12. The molecule has 4 aromatic rings. The van der Waals surface area contributed by atoms with Gasteiger partial charge in [0.1, 0.15) is 22.9 Å². The number of nitrogens with zero attached hydrogens (tertiary/aromatic N) is 2. The zero-order valence-corrected chi connectivity index (χ0v) is 13.2. The standard InChI is InChI=1S/C17H13N3O2.ClH/c1-19-13-4-2-3-5-14(13)20-9-12(18-17(19)20)11-6-7-15-16(8-11)22-10-21-15;/h2-9H,10H2,1H3;1H. The first-order valence-electron chi connectivity index (χ1n) is 7.19. The van der Waals surface area contributed by atoms with E-state index in [-0.39, 0.29) is 12.4 Å². The largest absolute Gasteiger partial charge is 1.00 e. The van der Waals surface area contributed by atoms with Crippen LogP contribution in [0.4, 0.5) is 0 Å². The molecule has 1 aliphatic heterocycles. The number of para-hydroxylation sites is 2. The molecule has 0 amide bonds. The highest BCUT2D eigenvalue weighted by Crippen LogP contribution is 2.35. The van der Waals surface area contributed by atoms with Crippen LogP contribution in [0.5, 0.6) is 11.5 Å². The van der Waals surface area contributed by atoms with E-state index in [1.807, 2.05) is 18.2 Å². The number of halogens is 1. The summed E-state index contributed by atoms with van der Waals surface area (Å²) < 4.78 is 15.2. The van der Waals surface area contributed by atoms with Gasteiger partial charge in [-0.1, -0.05) is 12.1 Å². The normalized spacial score (nSPS) is 12.7. The molecular formula is C17H14ClN3O2. The molecule has 5 rings (SSSR count). The van der Waals surface area contributed by atoms with E-state index in [0.717, 1.165) is 28.5 Å². The fourth-order valence-corrected chi connectivity index (χ4v) is 3.11. The van der Waals surface area contributed by atoms with Crippen molar-refractivity contribution in [3.8, 4) is 22.8 Å². The van der Waals surface area contributed by atoms with Crippen molar-refractivity contribution in [2.45, 2.75) is 0 Å². The zero-order chi connectivity index (χ0) is 14.7. The van der Waals surface area contributed by atoms with E-state index in [0.29, 0.717) is 6.79 Å². The van der Waals surface area contributed by atoms with Crippen LogP contribution in [0.25, 0.3) is 28.1 Å². The molecule has 2 aromatic heterocycles. The molecule has 0 bridgehead atoms. The van der Waals surface area contributed by atoms with Gasteiger partial charge in [0.25, 0.3) is 0 Å². The lowest BCUT2D eigenvalue weighted by Gasteiger charge is -1.98. The van der Waals surface area contributed by atoms with Crippen molar-refractivity contribution < 1.29 is 26.4 Å². The molecule has 0 unspecified atom stereocenters. The Labute approximate surface area is 138 Å². The van der Waals surface area contributed by atoms with E-state index < -0.39 is 0 Å². The number of aromatic nitrogens is 3. The maximum atomic E-state index is 5.46. The Morgan fingerprint density at radius 3 is 2.83 bits per heavy atom. The Morgan fingerprint density at radius 1 is 1.09 bits per heavy atom. The number of nitrogens with one attached hydrogen (secondary N) is 1. The molecule has 2 aromatic carbocycles. The van der Waals surface area contributed by atoms with Gasteiger partial charge in [-0.2, -0.15) is 4.40 Å². The summed E-state index contributed by atoms with van der Waals surface area (Å²) in [4.78, 5) is 3.49. The van der Waals surface area contributed by atoms with Crippen LogP contribution in [0.15, 0.2) is 48.7 Å². The second kappa shape index (κ2) is 4.93. The van der Waals surface area contributed by atoms with Crippen molar-refractivity contribution in [1.82, 2.24) is 9.38 Å². The van der Waals surface area contributed by atoms with Gasteiger partial charge in [-0.3, -0.25) is 0 Å². The molecule has 0 atom stereocenters. The third-order valence-corrected chi connectivity index (χ3v) is 4.24. The highest BCUT2D eigenvalue weighted by molar-refractivity contribution is 5.77. The molecule has 5 nitrogen and oxygen atoms in total. The molecule has 0 spiro atoms. The average molecular weight is 328 g/mol. The maximum absolute atomic E-state index is 5.46. The Bertz CT molecular complexity index is 1040. The number of H-pyrrole nitrogens is 1. The minimum Gasteiger partial charge on any atom is -1.00 e. The summed E-state index contributed by atoms with van der Waals surface area (Å²) in [7, 11) is 2.07. The van der Waals surface area contributed by atoms with Crippen molar-refractivity contribution in [2.75, 3.05) is 6.79 Å². The molecule has 0 fully saturated rings. The lowest BCUT2D eigenvalue weighted by atomic mass is 10.1. The number of fused-ring (bicyclic) bond motifs is 4. The zero-order valence-electron chi connectivity index (χ0n) is 12.4. The summed E-state index contributed by atoms with van der Waals surface area (Å²) in [6, 6.07) is 14.4. The molecule has 0 aliphatic carbocycles. The smallest absolute Gasteiger partial charge is 0.367 e. The molecule has 6 heteroatoms. The van der Waals surface area contributed by atoms with Crippen LogP contribution in [0.2, 0.25) is 0 Å². The van der Waals surface area contributed by atoms with Gasteiger partial charge in [-0.25, -0.2) is 9.55 Å². The molecule has 1 N–H and O–H groups in total. The highest BCUT2D eigenvalue weighted by atomic mass is 35.5. The molecule has 1 aliphatic rings. The number of aryl methyl sites for hydroxylation is 1. The molecule has 0 saturated carbocycles. The van der Waals surface area contributed by atoms with Gasteiger partial charge in [-0.15, -0.1) is 0 Å². The summed E-state index contributed by atoms with van der Waals surface area (Å²) in [5, 5.41) is 0. The molecule has 23 heavy (non-hydrogen) atoms. The summed E-state index contributed by atoms with van der Waals surface area (Å²) in [5.41, 5.74) is 4.51. The predicted molar refractivity (Wildman–Crippen MR) is 82.0 cm³/mol. The predicted octanol–water partition coefficient (Wildman–Crippen LogP) is -0.355. The second-order valence-corrected chi connectivity index (χ2v) is 5.48. The number of hydrogen-bond donors (Lipinski definition) is 1. The van der Waals surface area contributed by atoms with Gasteiger partial charge in [0, 0.05) is 5.56 Å². The van der Waals surface area contributed by atoms with Crippen LogP contribution < -0.4 is 26.4 Å². The summed E-state index contributed by atoms with van der Waals surface area (Å²) >= 11 is 0. The number of rotatable bonds is 1. The van der Waals surface area contributed by atoms with Gasteiger partial charge in [-0.05, 0) is 30.3 Å². The Hall–Kier alpha value is -2.66. The average Bonchev–Trinajstić information content (AvgIpc) is 3.24. The van der Waals surface area contributed by atoms with E-state index in [2.05, 4.69) is 51.5 Å². The first-order chi connectivity index (χ1) is 10.8. The molecule has 0 saturated heterocycles.